The van der Waals surface area contributed by atoms with Gasteiger partial charge in [0.2, 0.25) is 0 Å². The quantitative estimate of drug-likeness (QED) is 0.794. The van der Waals surface area contributed by atoms with Gasteiger partial charge in [-0.1, -0.05) is 24.3 Å². The molecular weight excluding hydrogens is 285 g/mol. The minimum atomic E-state index is -5.08. The van der Waals surface area contributed by atoms with Gasteiger partial charge in [0.05, 0.1) is 0 Å². The molecule has 0 bridgehead atoms. The van der Waals surface area contributed by atoms with E-state index in [0.29, 0.717) is 13.1 Å². The van der Waals surface area contributed by atoms with Gasteiger partial charge in [0.25, 0.3) is 0 Å². The lowest BCUT2D eigenvalue weighted by Crippen LogP contribution is -2.21. The van der Waals surface area contributed by atoms with Crippen molar-refractivity contribution in [2.75, 3.05) is 0 Å². The molecule has 0 aliphatic carbocycles. The Kier molecular flexibility index (Phi) is 5.69. The molecular formula is C14H15F3N2O2. The Morgan fingerprint density at radius 3 is 1.52 bits per heavy atom. The molecule has 2 aromatic rings. The molecule has 114 valence electrons. The predicted molar refractivity (Wildman–Crippen MR) is 73.4 cm³/mol. The second kappa shape index (κ2) is 7.05. The standard InChI is InChI=1S/C12H14N2.C2HF3O2/c13-7-9-1-3-11-6-10(8-14)2-4-12(11)5-9;3-2(4,5)1(6)7/h1-6H,7-8,13-14H2;(H,6,7). The Morgan fingerprint density at radius 1 is 0.952 bits per heavy atom. The first-order valence-corrected chi connectivity index (χ1v) is 5.99. The number of fused-ring (bicyclic) bond motifs is 1. The van der Waals surface area contributed by atoms with Crippen LogP contribution in [0.25, 0.3) is 10.8 Å². The van der Waals surface area contributed by atoms with Crippen molar-refractivity contribution in [2.45, 2.75) is 19.3 Å². The first-order chi connectivity index (χ1) is 9.77. The Bertz CT molecular complexity index is 584. The topological polar surface area (TPSA) is 89.3 Å². The highest BCUT2D eigenvalue weighted by molar-refractivity contribution is 5.83. The lowest BCUT2D eigenvalue weighted by molar-refractivity contribution is -0.192. The average molecular weight is 300 g/mol. The molecule has 0 heterocycles. The normalized spacial score (nSPS) is 10.9. The largest absolute Gasteiger partial charge is 0.490 e. The van der Waals surface area contributed by atoms with E-state index in [0.717, 1.165) is 11.1 Å². The van der Waals surface area contributed by atoms with E-state index in [-0.39, 0.29) is 0 Å². The summed E-state index contributed by atoms with van der Waals surface area (Å²) in [6.45, 7) is 1.18. The third-order valence-electron chi connectivity index (χ3n) is 2.68. The minimum absolute atomic E-state index is 0.592. The maximum absolute atomic E-state index is 10.6. The van der Waals surface area contributed by atoms with Gasteiger partial charge in [-0.05, 0) is 34.0 Å². The first kappa shape index (κ1) is 16.9. The van der Waals surface area contributed by atoms with Gasteiger partial charge in [0.15, 0.2) is 0 Å². The summed E-state index contributed by atoms with van der Waals surface area (Å²) >= 11 is 0. The number of nitrogens with two attached hydrogens (primary N) is 2. The number of carboxylic acids is 1. The van der Waals surface area contributed by atoms with Crippen molar-refractivity contribution in [2.24, 2.45) is 11.5 Å². The van der Waals surface area contributed by atoms with Gasteiger partial charge in [-0.25, -0.2) is 4.79 Å². The molecule has 0 aromatic heterocycles. The van der Waals surface area contributed by atoms with Crippen LogP contribution in [0, 0.1) is 0 Å². The molecule has 0 spiro atoms. The zero-order valence-corrected chi connectivity index (χ0v) is 11.0. The van der Waals surface area contributed by atoms with Gasteiger partial charge in [0.1, 0.15) is 0 Å². The summed E-state index contributed by atoms with van der Waals surface area (Å²) in [4.78, 5) is 8.90. The number of hydrogen-bond acceptors (Lipinski definition) is 3. The first-order valence-electron chi connectivity index (χ1n) is 5.99. The molecule has 2 aromatic carbocycles. The van der Waals surface area contributed by atoms with E-state index in [1.165, 1.54) is 10.8 Å². The van der Waals surface area contributed by atoms with Gasteiger partial charge in [-0.15, -0.1) is 0 Å². The molecule has 0 amide bonds. The van der Waals surface area contributed by atoms with E-state index in [1.807, 2.05) is 0 Å². The maximum atomic E-state index is 10.6. The lowest BCUT2D eigenvalue weighted by Gasteiger charge is -2.03. The summed E-state index contributed by atoms with van der Waals surface area (Å²) in [5.41, 5.74) is 13.5. The summed E-state index contributed by atoms with van der Waals surface area (Å²) in [7, 11) is 0. The van der Waals surface area contributed by atoms with Crippen molar-refractivity contribution in [1.29, 1.82) is 0 Å². The van der Waals surface area contributed by atoms with Gasteiger partial charge >= 0.3 is 12.1 Å². The van der Waals surface area contributed by atoms with E-state index in [1.54, 1.807) is 0 Å². The number of alkyl halides is 3. The van der Waals surface area contributed by atoms with Crippen LogP contribution in [0.2, 0.25) is 0 Å². The van der Waals surface area contributed by atoms with E-state index in [2.05, 4.69) is 36.4 Å². The molecule has 7 heteroatoms. The SMILES string of the molecule is NCc1ccc2cc(CN)ccc2c1.O=C(O)C(F)(F)F. The number of hydrogen-bond donors (Lipinski definition) is 3. The fourth-order valence-corrected chi connectivity index (χ4v) is 1.60. The van der Waals surface area contributed by atoms with Crippen molar-refractivity contribution in [3.63, 3.8) is 0 Å². The van der Waals surface area contributed by atoms with Crippen LogP contribution in [0.15, 0.2) is 36.4 Å². The maximum Gasteiger partial charge on any atom is 0.490 e. The van der Waals surface area contributed by atoms with Crippen LogP contribution >= 0.6 is 0 Å². The minimum Gasteiger partial charge on any atom is -0.475 e. The Hall–Kier alpha value is -2.12. The number of carboxylic acid groups (broad SMARTS) is 1. The molecule has 0 aliphatic heterocycles. The van der Waals surface area contributed by atoms with Crippen molar-refractivity contribution < 1.29 is 23.1 Å². The zero-order chi connectivity index (χ0) is 16.0. The lowest BCUT2D eigenvalue weighted by atomic mass is 10.0. The number of benzene rings is 2. The molecule has 2 rings (SSSR count). The highest BCUT2D eigenvalue weighted by Gasteiger charge is 2.38. The third-order valence-corrected chi connectivity index (χ3v) is 2.68. The molecule has 0 unspecified atom stereocenters. The Morgan fingerprint density at radius 2 is 1.29 bits per heavy atom. The molecule has 21 heavy (non-hydrogen) atoms. The number of rotatable bonds is 2. The van der Waals surface area contributed by atoms with Gasteiger partial charge in [-0.3, -0.25) is 0 Å². The van der Waals surface area contributed by atoms with Crippen LogP contribution < -0.4 is 11.5 Å². The fraction of sp³-hybridized carbons (Fsp3) is 0.214. The Labute approximate surface area is 119 Å². The van der Waals surface area contributed by atoms with E-state index in [9.17, 15) is 13.2 Å². The molecule has 0 fully saturated rings. The van der Waals surface area contributed by atoms with Crippen LogP contribution in [-0.4, -0.2) is 17.3 Å². The molecule has 0 atom stereocenters. The van der Waals surface area contributed by atoms with Crippen LogP contribution in [-0.2, 0) is 17.9 Å². The number of carbonyl (C=O) groups is 1. The summed E-state index contributed by atoms with van der Waals surface area (Å²) in [5, 5.41) is 9.58. The molecule has 0 aliphatic rings. The monoisotopic (exact) mass is 300 g/mol. The predicted octanol–water partition coefficient (Wildman–Crippen LogP) is 2.39. The van der Waals surface area contributed by atoms with Gasteiger partial charge < -0.3 is 16.6 Å². The third kappa shape index (κ3) is 5.05. The summed E-state index contributed by atoms with van der Waals surface area (Å²) in [6, 6.07) is 12.5. The Balaban J connectivity index is 0.000000270. The highest BCUT2D eigenvalue weighted by atomic mass is 19.4. The van der Waals surface area contributed by atoms with Crippen molar-refractivity contribution in [3.05, 3.63) is 47.5 Å². The fourth-order valence-electron chi connectivity index (χ4n) is 1.60. The molecule has 0 saturated carbocycles. The van der Waals surface area contributed by atoms with Crippen molar-refractivity contribution >= 4 is 16.7 Å². The molecule has 0 saturated heterocycles. The second-order valence-corrected chi connectivity index (χ2v) is 4.23. The second-order valence-electron chi connectivity index (χ2n) is 4.23. The number of aliphatic carboxylic acids is 1. The van der Waals surface area contributed by atoms with Crippen molar-refractivity contribution in [1.82, 2.24) is 0 Å². The summed E-state index contributed by atoms with van der Waals surface area (Å²) in [6.07, 6.45) is -5.08. The highest BCUT2D eigenvalue weighted by Crippen LogP contribution is 2.17. The van der Waals surface area contributed by atoms with Crippen LogP contribution in [0.5, 0.6) is 0 Å². The molecule has 5 N–H and O–H groups in total. The van der Waals surface area contributed by atoms with Gasteiger partial charge in [0, 0.05) is 13.1 Å². The van der Waals surface area contributed by atoms with Crippen LogP contribution in [0.1, 0.15) is 11.1 Å². The van der Waals surface area contributed by atoms with E-state index >= 15 is 0 Å². The number of halogens is 3. The van der Waals surface area contributed by atoms with Crippen LogP contribution in [0.3, 0.4) is 0 Å². The van der Waals surface area contributed by atoms with Crippen molar-refractivity contribution in [3.8, 4) is 0 Å². The zero-order valence-electron chi connectivity index (χ0n) is 11.0. The summed E-state index contributed by atoms with van der Waals surface area (Å²) in [5.74, 6) is -2.76. The molecule has 4 nitrogen and oxygen atoms in total. The van der Waals surface area contributed by atoms with Gasteiger partial charge in [-0.2, -0.15) is 13.2 Å². The van der Waals surface area contributed by atoms with E-state index < -0.39 is 12.1 Å². The summed E-state index contributed by atoms with van der Waals surface area (Å²) < 4.78 is 31.7. The average Bonchev–Trinajstić information content (AvgIpc) is 2.45. The van der Waals surface area contributed by atoms with E-state index in [4.69, 9.17) is 21.4 Å². The van der Waals surface area contributed by atoms with Crippen LogP contribution in [0.4, 0.5) is 13.2 Å². The molecule has 0 radical (unpaired) electrons. The smallest absolute Gasteiger partial charge is 0.475 e.